The average molecular weight is 240 g/mol. The average Bonchev–Trinajstić information content (AvgIpc) is 2.68. The summed E-state index contributed by atoms with van der Waals surface area (Å²) >= 11 is 0. The molecule has 0 saturated heterocycles. The van der Waals surface area contributed by atoms with Crippen molar-refractivity contribution in [1.29, 1.82) is 0 Å². The molecule has 0 aliphatic carbocycles. The van der Waals surface area contributed by atoms with Crippen LogP contribution in [0, 0.1) is 6.92 Å². The van der Waals surface area contributed by atoms with Gasteiger partial charge in [0, 0.05) is 25.8 Å². The van der Waals surface area contributed by atoms with Gasteiger partial charge in [0.1, 0.15) is 0 Å². The van der Waals surface area contributed by atoms with Crippen molar-refractivity contribution in [2.24, 2.45) is 0 Å². The number of ether oxygens (including phenoxy) is 1. The summed E-state index contributed by atoms with van der Waals surface area (Å²) in [7, 11) is 1.65. The molecule has 0 spiro atoms. The highest BCUT2D eigenvalue weighted by Gasteiger charge is 2.31. The van der Waals surface area contributed by atoms with Gasteiger partial charge in [0.2, 0.25) is 0 Å². The molecule has 0 aliphatic rings. The van der Waals surface area contributed by atoms with Crippen molar-refractivity contribution in [3.05, 3.63) is 17.5 Å². The van der Waals surface area contributed by atoms with E-state index in [4.69, 9.17) is 4.74 Å². The van der Waals surface area contributed by atoms with Gasteiger partial charge in [-0.1, -0.05) is 6.92 Å². The zero-order chi connectivity index (χ0) is 13.1. The van der Waals surface area contributed by atoms with E-state index >= 15 is 0 Å². The molecule has 4 nitrogen and oxygen atoms in total. The summed E-state index contributed by atoms with van der Waals surface area (Å²) in [6, 6.07) is 2.03. The topological polar surface area (TPSA) is 47.3 Å². The monoisotopic (exact) mass is 240 g/mol. The Hall–Kier alpha value is -0.870. The molecule has 0 radical (unpaired) electrons. The van der Waals surface area contributed by atoms with E-state index in [0.29, 0.717) is 6.42 Å². The van der Waals surface area contributed by atoms with E-state index < -0.39 is 11.7 Å². The van der Waals surface area contributed by atoms with Crippen molar-refractivity contribution in [3.63, 3.8) is 0 Å². The van der Waals surface area contributed by atoms with Gasteiger partial charge in [0.25, 0.3) is 0 Å². The molecule has 98 valence electrons. The van der Waals surface area contributed by atoms with Crippen molar-refractivity contribution in [2.75, 3.05) is 7.11 Å². The molecule has 1 aromatic heterocycles. The Morgan fingerprint density at radius 1 is 1.53 bits per heavy atom. The van der Waals surface area contributed by atoms with E-state index in [1.165, 1.54) is 0 Å². The Morgan fingerprint density at radius 2 is 2.18 bits per heavy atom. The Balaban J connectivity index is 2.83. The molecule has 0 amide bonds. The minimum Gasteiger partial charge on any atom is -0.390 e. The third kappa shape index (κ3) is 3.07. The Labute approximate surface area is 104 Å². The van der Waals surface area contributed by atoms with Crippen LogP contribution in [0.2, 0.25) is 0 Å². The van der Waals surface area contributed by atoms with Gasteiger partial charge in [-0.2, -0.15) is 5.10 Å². The molecule has 1 rings (SSSR count). The highest BCUT2D eigenvalue weighted by Crippen LogP contribution is 2.22. The summed E-state index contributed by atoms with van der Waals surface area (Å²) in [5, 5.41) is 14.7. The number of nitrogens with zero attached hydrogens (tertiary/aromatic N) is 2. The maximum atomic E-state index is 10.3. The van der Waals surface area contributed by atoms with Gasteiger partial charge in [0.05, 0.1) is 17.4 Å². The molecule has 0 saturated carbocycles. The summed E-state index contributed by atoms with van der Waals surface area (Å²) < 4.78 is 7.36. The van der Waals surface area contributed by atoms with Gasteiger partial charge in [-0.25, -0.2) is 0 Å². The second kappa shape index (κ2) is 5.65. The van der Waals surface area contributed by atoms with Crippen LogP contribution >= 0.6 is 0 Å². The minimum atomic E-state index is -0.515. The maximum Gasteiger partial charge on any atom is 0.0909 e. The molecule has 1 heterocycles. The number of aromatic nitrogens is 2. The van der Waals surface area contributed by atoms with E-state index in [0.717, 1.165) is 24.4 Å². The van der Waals surface area contributed by atoms with E-state index in [9.17, 15) is 5.11 Å². The van der Waals surface area contributed by atoms with Crippen LogP contribution in [0.5, 0.6) is 0 Å². The summed E-state index contributed by atoms with van der Waals surface area (Å²) in [5.41, 5.74) is 1.57. The van der Waals surface area contributed by atoms with E-state index in [-0.39, 0.29) is 0 Å². The van der Waals surface area contributed by atoms with Crippen molar-refractivity contribution in [3.8, 4) is 0 Å². The molecule has 0 bridgehead atoms. The summed E-state index contributed by atoms with van der Waals surface area (Å²) in [5.74, 6) is 0. The number of hydrogen-bond acceptors (Lipinski definition) is 3. The van der Waals surface area contributed by atoms with Gasteiger partial charge in [-0.3, -0.25) is 4.68 Å². The lowest BCUT2D eigenvalue weighted by atomic mass is 9.92. The molecular formula is C13H24N2O2. The lowest BCUT2D eigenvalue weighted by Gasteiger charge is -2.32. The largest absolute Gasteiger partial charge is 0.390 e. The van der Waals surface area contributed by atoms with Crippen LogP contribution in [0.15, 0.2) is 6.07 Å². The molecule has 0 fully saturated rings. The van der Waals surface area contributed by atoms with E-state index in [1.807, 2.05) is 31.5 Å². The molecule has 2 atom stereocenters. The van der Waals surface area contributed by atoms with Crippen LogP contribution < -0.4 is 0 Å². The van der Waals surface area contributed by atoms with Crippen molar-refractivity contribution in [1.82, 2.24) is 9.78 Å². The Morgan fingerprint density at radius 3 is 2.65 bits per heavy atom. The van der Waals surface area contributed by atoms with E-state index in [1.54, 1.807) is 7.11 Å². The first-order chi connectivity index (χ1) is 7.96. The SMILES string of the molecule is CCn1nc(C)cc1CC(O)C(C)(CC)OC. The zero-order valence-corrected chi connectivity index (χ0v) is 11.5. The van der Waals surface area contributed by atoms with Gasteiger partial charge in [-0.05, 0) is 33.3 Å². The van der Waals surface area contributed by atoms with E-state index in [2.05, 4.69) is 12.0 Å². The number of aliphatic hydroxyl groups is 1. The maximum absolute atomic E-state index is 10.3. The van der Waals surface area contributed by atoms with Crippen LogP contribution in [-0.4, -0.2) is 33.7 Å². The molecular weight excluding hydrogens is 216 g/mol. The lowest BCUT2D eigenvalue weighted by Crippen LogP contribution is -2.42. The van der Waals surface area contributed by atoms with Crippen molar-refractivity contribution in [2.45, 2.75) is 58.8 Å². The quantitative estimate of drug-likeness (QED) is 0.826. The molecule has 0 aliphatic heterocycles. The van der Waals surface area contributed by atoms with Crippen LogP contribution in [0.3, 0.4) is 0 Å². The zero-order valence-electron chi connectivity index (χ0n) is 11.5. The molecule has 4 heteroatoms. The highest BCUT2D eigenvalue weighted by molar-refractivity contribution is 5.11. The fraction of sp³-hybridized carbons (Fsp3) is 0.769. The van der Waals surface area contributed by atoms with Crippen LogP contribution in [0.1, 0.15) is 38.6 Å². The Kier molecular flexibility index (Phi) is 4.71. The summed E-state index contributed by atoms with van der Waals surface area (Å²) in [4.78, 5) is 0. The Bertz CT molecular complexity index is 356. The normalized spacial score (nSPS) is 16.8. The summed E-state index contributed by atoms with van der Waals surface area (Å²) in [6.07, 6.45) is 0.843. The molecule has 0 aromatic carbocycles. The third-order valence-electron chi connectivity index (χ3n) is 3.56. The predicted octanol–water partition coefficient (Wildman–Crippen LogP) is 1.93. The van der Waals surface area contributed by atoms with Gasteiger partial charge < -0.3 is 9.84 Å². The van der Waals surface area contributed by atoms with Gasteiger partial charge in [0.15, 0.2) is 0 Å². The molecule has 1 N–H and O–H groups in total. The lowest BCUT2D eigenvalue weighted by molar-refractivity contribution is -0.0920. The molecule has 1 aromatic rings. The minimum absolute atomic E-state index is 0.489. The first-order valence-electron chi connectivity index (χ1n) is 6.23. The van der Waals surface area contributed by atoms with Crippen molar-refractivity contribution < 1.29 is 9.84 Å². The summed E-state index contributed by atoms with van der Waals surface area (Å²) in [6.45, 7) is 8.81. The fourth-order valence-corrected chi connectivity index (χ4v) is 1.97. The fourth-order valence-electron chi connectivity index (χ4n) is 1.97. The first kappa shape index (κ1) is 14.2. The molecule has 2 unspecified atom stereocenters. The van der Waals surface area contributed by atoms with Crippen LogP contribution in [-0.2, 0) is 17.7 Å². The number of rotatable bonds is 6. The van der Waals surface area contributed by atoms with Crippen LogP contribution in [0.25, 0.3) is 0 Å². The van der Waals surface area contributed by atoms with Gasteiger partial charge >= 0.3 is 0 Å². The van der Waals surface area contributed by atoms with Gasteiger partial charge in [-0.15, -0.1) is 0 Å². The number of aryl methyl sites for hydroxylation is 2. The number of hydrogen-bond donors (Lipinski definition) is 1. The second-order valence-electron chi connectivity index (χ2n) is 4.68. The van der Waals surface area contributed by atoms with Crippen molar-refractivity contribution >= 4 is 0 Å². The standard InChI is InChI=1S/C13H24N2O2/c1-6-13(4,17-5)12(16)9-11-8-10(3)14-15(11)7-2/h8,12,16H,6-7,9H2,1-5H3. The highest BCUT2D eigenvalue weighted by atomic mass is 16.5. The predicted molar refractivity (Wildman–Crippen MR) is 68.1 cm³/mol. The first-order valence-corrected chi connectivity index (χ1v) is 6.23. The number of aliphatic hydroxyl groups excluding tert-OH is 1. The smallest absolute Gasteiger partial charge is 0.0909 e. The third-order valence-corrected chi connectivity index (χ3v) is 3.56. The second-order valence-corrected chi connectivity index (χ2v) is 4.68. The van der Waals surface area contributed by atoms with Crippen LogP contribution in [0.4, 0.5) is 0 Å². The number of methoxy groups -OCH3 is 1. The molecule has 17 heavy (non-hydrogen) atoms.